The molecular formula is C19H39N. The summed E-state index contributed by atoms with van der Waals surface area (Å²) >= 11 is 0. The van der Waals surface area contributed by atoms with E-state index in [1.807, 2.05) is 0 Å². The fraction of sp³-hybridized carbons (Fsp3) is 1.00. The molecule has 0 atom stereocenters. The molecule has 0 heterocycles. The van der Waals surface area contributed by atoms with Crippen molar-refractivity contribution in [3.63, 3.8) is 0 Å². The average molecular weight is 282 g/mol. The summed E-state index contributed by atoms with van der Waals surface area (Å²) in [5.74, 6) is 0.864. The van der Waals surface area contributed by atoms with Crippen LogP contribution in [-0.2, 0) is 0 Å². The Morgan fingerprint density at radius 2 is 1.30 bits per heavy atom. The smallest absolute Gasteiger partial charge is 0.00103 e. The predicted octanol–water partition coefficient (Wildman–Crippen LogP) is 5.93. The van der Waals surface area contributed by atoms with Crippen LogP contribution in [0.4, 0.5) is 0 Å². The van der Waals surface area contributed by atoms with Crippen LogP contribution >= 0.6 is 0 Å². The third-order valence-corrected chi connectivity index (χ3v) is 5.30. The van der Waals surface area contributed by atoms with E-state index >= 15 is 0 Å². The maximum absolute atomic E-state index is 3.69. The van der Waals surface area contributed by atoms with E-state index in [9.17, 15) is 0 Å². The average Bonchev–Trinajstić information content (AvgIpc) is 3.21. The topological polar surface area (TPSA) is 12.0 Å². The van der Waals surface area contributed by atoms with Crippen LogP contribution < -0.4 is 5.32 Å². The van der Waals surface area contributed by atoms with Gasteiger partial charge in [-0.2, -0.15) is 0 Å². The van der Waals surface area contributed by atoms with Gasteiger partial charge in [0.25, 0.3) is 0 Å². The van der Waals surface area contributed by atoms with Gasteiger partial charge in [-0.05, 0) is 37.1 Å². The minimum Gasteiger partial charge on any atom is -0.316 e. The quantitative estimate of drug-likeness (QED) is 0.389. The SMILES string of the molecule is CCCCCCCCCCCCNCC1(C(C)C)CC1. The Morgan fingerprint density at radius 3 is 1.75 bits per heavy atom. The molecule has 0 aliphatic heterocycles. The lowest BCUT2D eigenvalue weighted by Crippen LogP contribution is -2.28. The van der Waals surface area contributed by atoms with Gasteiger partial charge in [0, 0.05) is 6.54 Å². The lowest BCUT2D eigenvalue weighted by atomic mass is 9.92. The molecule has 0 saturated heterocycles. The zero-order chi connectivity index (χ0) is 14.7. The summed E-state index contributed by atoms with van der Waals surface area (Å²) in [7, 11) is 0. The molecule has 1 nitrogen and oxygen atoms in total. The highest BCUT2D eigenvalue weighted by Crippen LogP contribution is 2.51. The molecule has 1 heteroatoms. The third kappa shape index (κ3) is 7.67. The monoisotopic (exact) mass is 281 g/mol. The van der Waals surface area contributed by atoms with Gasteiger partial charge in [0.1, 0.15) is 0 Å². The zero-order valence-corrected chi connectivity index (χ0v) is 14.5. The molecule has 0 aromatic carbocycles. The van der Waals surface area contributed by atoms with Gasteiger partial charge in [0.05, 0.1) is 0 Å². The number of rotatable bonds is 14. The summed E-state index contributed by atoms with van der Waals surface area (Å²) in [6.07, 6.45) is 17.3. The van der Waals surface area contributed by atoms with Gasteiger partial charge in [-0.15, -0.1) is 0 Å². The molecule has 1 aliphatic rings. The van der Waals surface area contributed by atoms with Gasteiger partial charge >= 0.3 is 0 Å². The minimum absolute atomic E-state index is 0.679. The van der Waals surface area contributed by atoms with E-state index in [1.165, 1.54) is 90.1 Å². The van der Waals surface area contributed by atoms with Crippen molar-refractivity contribution < 1.29 is 0 Å². The van der Waals surface area contributed by atoms with E-state index in [4.69, 9.17) is 0 Å². The lowest BCUT2D eigenvalue weighted by molar-refractivity contribution is 0.337. The highest BCUT2D eigenvalue weighted by molar-refractivity contribution is 4.96. The van der Waals surface area contributed by atoms with Gasteiger partial charge < -0.3 is 5.32 Å². The first-order chi connectivity index (χ1) is 9.71. The van der Waals surface area contributed by atoms with Crippen LogP contribution in [-0.4, -0.2) is 13.1 Å². The summed E-state index contributed by atoms with van der Waals surface area (Å²) in [6.45, 7) is 9.57. The largest absolute Gasteiger partial charge is 0.316 e. The molecule has 0 radical (unpaired) electrons. The number of nitrogens with one attached hydrogen (secondary N) is 1. The molecule has 0 aromatic heterocycles. The molecule has 1 aliphatic carbocycles. The predicted molar refractivity (Wildman–Crippen MR) is 91.2 cm³/mol. The van der Waals surface area contributed by atoms with Gasteiger partial charge in [0.2, 0.25) is 0 Å². The van der Waals surface area contributed by atoms with E-state index in [2.05, 4.69) is 26.1 Å². The Hall–Kier alpha value is -0.0400. The first-order valence-corrected chi connectivity index (χ1v) is 9.42. The summed E-state index contributed by atoms with van der Waals surface area (Å²) in [5.41, 5.74) is 0.679. The Kier molecular flexibility index (Phi) is 9.59. The van der Waals surface area contributed by atoms with E-state index in [0.717, 1.165) is 5.92 Å². The highest BCUT2D eigenvalue weighted by atomic mass is 14.9. The van der Waals surface area contributed by atoms with Crippen molar-refractivity contribution in [3.05, 3.63) is 0 Å². The van der Waals surface area contributed by atoms with Crippen LogP contribution in [0.5, 0.6) is 0 Å². The zero-order valence-electron chi connectivity index (χ0n) is 14.5. The second-order valence-corrected chi connectivity index (χ2v) is 7.38. The van der Waals surface area contributed by atoms with Crippen LogP contribution in [0.25, 0.3) is 0 Å². The van der Waals surface area contributed by atoms with Crippen LogP contribution in [0, 0.1) is 11.3 Å². The Balaban J connectivity index is 1.75. The van der Waals surface area contributed by atoms with Crippen molar-refractivity contribution in [2.75, 3.05) is 13.1 Å². The molecule has 1 rings (SSSR count). The maximum Gasteiger partial charge on any atom is 0.00103 e. The van der Waals surface area contributed by atoms with E-state index in [0.29, 0.717) is 5.41 Å². The first kappa shape index (κ1) is 18.0. The molecule has 1 saturated carbocycles. The van der Waals surface area contributed by atoms with Crippen LogP contribution in [0.2, 0.25) is 0 Å². The Labute approximate surface area is 128 Å². The van der Waals surface area contributed by atoms with Gasteiger partial charge in [0.15, 0.2) is 0 Å². The van der Waals surface area contributed by atoms with Gasteiger partial charge in [-0.25, -0.2) is 0 Å². The summed E-state index contributed by atoms with van der Waals surface area (Å²) in [5, 5.41) is 3.69. The van der Waals surface area contributed by atoms with E-state index in [-0.39, 0.29) is 0 Å². The highest BCUT2D eigenvalue weighted by Gasteiger charge is 2.44. The lowest BCUT2D eigenvalue weighted by Gasteiger charge is -2.20. The molecule has 120 valence electrons. The summed E-state index contributed by atoms with van der Waals surface area (Å²) in [4.78, 5) is 0. The Morgan fingerprint density at radius 1 is 0.800 bits per heavy atom. The minimum atomic E-state index is 0.679. The molecule has 0 aromatic rings. The second kappa shape index (κ2) is 10.7. The summed E-state index contributed by atoms with van der Waals surface area (Å²) < 4.78 is 0. The normalized spacial score (nSPS) is 16.8. The van der Waals surface area contributed by atoms with Crippen LogP contribution in [0.1, 0.15) is 97.8 Å². The van der Waals surface area contributed by atoms with Crippen molar-refractivity contribution in [3.8, 4) is 0 Å². The number of hydrogen-bond donors (Lipinski definition) is 1. The fourth-order valence-corrected chi connectivity index (χ4v) is 3.19. The maximum atomic E-state index is 3.69. The van der Waals surface area contributed by atoms with Crippen molar-refractivity contribution in [2.24, 2.45) is 11.3 Å². The number of unbranched alkanes of at least 4 members (excludes halogenated alkanes) is 9. The molecule has 20 heavy (non-hydrogen) atoms. The fourth-order valence-electron chi connectivity index (χ4n) is 3.19. The number of hydrogen-bond acceptors (Lipinski definition) is 1. The standard InChI is InChI=1S/C19H39N/c1-4-5-6-7-8-9-10-11-12-13-16-20-17-19(14-15-19)18(2)3/h18,20H,4-17H2,1-3H3. The van der Waals surface area contributed by atoms with Crippen LogP contribution in [0.15, 0.2) is 0 Å². The van der Waals surface area contributed by atoms with Crippen molar-refractivity contribution in [1.29, 1.82) is 0 Å². The van der Waals surface area contributed by atoms with Crippen molar-refractivity contribution in [1.82, 2.24) is 5.32 Å². The third-order valence-electron chi connectivity index (χ3n) is 5.30. The Bertz CT molecular complexity index is 218. The summed E-state index contributed by atoms with van der Waals surface area (Å²) in [6, 6.07) is 0. The molecule has 0 amide bonds. The molecule has 0 spiro atoms. The molecule has 1 fully saturated rings. The van der Waals surface area contributed by atoms with Crippen molar-refractivity contribution in [2.45, 2.75) is 97.8 Å². The van der Waals surface area contributed by atoms with Crippen LogP contribution in [0.3, 0.4) is 0 Å². The van der Waals surface area contributed by atoms with E-state index < -0.39 is 0 Å². The molecule has 0 unspecified atom stereocenters. The van der Waals surface area contributed by atoms with Gasteiger partial charge in [-0.1, -0.05) is 78.6 Å². The van der Waals surface area contributed by atoms with Crippen molar-refractivity contribution >= 4 is 0 Å². The van der Waals surface area contributed by atoms with E-state index in [1.54, 1.807) is 0 Å². The molecule has 0 bridgehead atoms. The molecular weight excluding hydrogens is 242 g/mol. The first-order valence-electron chi connectivity index (χ1n) is 9.42. The molecule has 1 N–H and O–H groups in total. The van der Waals surface area contributed by atoms with Gasteiger partial charge in [-0.3, -0.25) is 0 Å². The second-order valence-electron chi connectivity index (χ2n) is 7.38.